The van der Waals surface area contributed by atoms with Gasteiger partial charge in [0, 0.05) is 50.5 Å². The maximum absolute atomic E-state index is 13.6. The summed E-state index contributed by atoms with van der Waals surface area (Å²) < 4.78 is 20.9. The van der Waals surface area contributed by atoms with Gasteiger partial charge in [-0.05, 0) is 73.4 Å². The van der Waals surface area contributed by atoms with Crippen molar-refractivity contribution in [2.45, 2.75) is 33.2 Å². The van der Waals surface area contributed by atoms with Crippen LogP contribution in [0.5, 0.6) is 5.75 Å². The predicted octanol–water partition coefficient (Wildman–Crippen LogP) is 5.36. The number of hydrogen-bond acceptors (Lipinski definition) is 8. The highest BCUT2D eigenvalue weighted by molar-refractivity contribution is 8.26. The van der Waals surface area contributed by atoms with Gasteiger partial charge in [0.2, 0.25) is 0 Å². The molecule has 228 valence electrons. The minimum Gasteiger partial charge on any atom is -0.497 e. The van der Waals surface area contributed by atoms with Crippen LogP contribution in [-0.4, -0.2) is 59.5 Å². The van der Waals surface area contributed by atoms with Gasteiger partial charge in [0.15, 0.2) is 0 Å². The number of thiocarbonyl (C=S) groups is 1. The van der Waals surface area contributed by atoms with Gasteiger partial charge in [-0.1, -0.05) is 43.0 Å². The maximum atomic E-state index is 13.6. The monoisotopic (exact) mass is 631 g/mol. The molecule has 2 aliphatic rings. The average Bonchev–Trinajstić information content (AvgIpc) is 3.30. The topological polar surface area (TPSA) is 81.8 Å². The molecule has 0 N–H and O–H groups in total. The summed E-state index contributed by atoms with van der Waals surface area (Å²) in [4.78, 5) is 33.6. The molecule has 0 radical (unpaired) electrons. The number of methoxy groups -OCH3 is 1. The number of carbonyl (C=O) groups is 1. The standard InChI is InChI=1S/C33H34FN5O3S2/c1-4-14-38-30(37-18-16-36(17-19-37)25-9-7-24(34)8-10-25)27(22(2)28(21-35)31(38)40)20-29-32(41)39(33(43)44-29)15-13-23-5-11-26(42-3)12-6-23/h5-12,20H,4,13-19H2,1-3H3. The lowest BCUT2D eigenvalue weighted by Crippen LogP contribution is -2.48. The fraction of sp³-hybridized carbons (Fsp3) is 0.333. The fourth-order valence-electron chi connectivity index (χ4n) is 5.60. The molecule has 44 heavy (non-hydrogen) atoms. The lowest BCUT2D eigenvalue weighted by Gasteiger charge is -2.39. The zero-order valence-corrected chi connectivity index (χ0v) is 26.6. The van der Waals surface area contributed by atoms with E-state index in [4.69, 9.17) is 17.0 Å². The predicted molar refractivity (Wildman–Crippen MR) is 178 cm³/mol. The summed E-state index contributed by atoms with van der Waals surface area (Å²) in [6, 6.07) is 16.3. The highest BCUT2D eigenvalue weighted by Crippen LogP contribution is 2.36. The van der Waals surface area contributed by atoms with E-state index < -0.39 is 0 Å². The van der Waals surface area contributed by atoms with Gasteiger partial charge in [0.05, 0.1) is 12.0 Å². The van der Waals surface area contributed by atoms with Gasteiger partial charge in [0.25, 0.3) is 11.5 Å². The Kier molecular flexibility index (Phi) is 9.71. The first-order valence-electron chi connectivity index (χ1n) is 14.6. The molecule has 2 fully saturated rings. The molecule has 0 aliphatic carbocycles. The number of benzene rings is 2. The number of nitrogens with zero attached hydrogens (tertiary/aromatic N) is 5. The van der Waals surface area contributed by atoms with Gasteiger partial charge in [0.1, 0.15) is 33.3 Å². The first-order chi connectivity index (χ1) is 21.2. The van der Waals surface area contributed by atoms with E-state index in [0.717, 1.165) is 17.0 Å². The van der Waals surface area contributed by atoms with E-state index in [1.807, 2.05) is 31.2 Å². The first-order valence-corrected chi connectivity index (χ1v) is 15.8. The Morgan fingerprint density at radius 1 is 1.02 bits per heavy atom. The molecule has 0 bridgehead atoms. The van der Waals surface area contributed by atoms with Crippen molar-refractivity contribution in [1.29, 1.82) is 5.26 Å². The minimum absolute atomic E-state index is 0.0772. The summed E-state index contributed by atoms with van der Waals surface area (Å²) in [5.74, 6) is 1.01. The Balaban J connectivity index is 1.46. The van der Waals surface area contributed by atoms with Crippen LogP contribution < -0.4 is 20.1 Å². The highest BCUT2D eigenvalue weighted by atomic mass is 32.2. The Labute approximate surface area is 266 Å². The fourth-order valence-corrected chi connectivity index (χ4v) is 6.89. The van der Waals surface area contributed by atoms with Crippen molar-refractivity contribution in [3.8, 4) is 11.8 Å². The van der Waals surface area contributed by atoms with Crippen molar-refractivity contribution in [2.75, 3.05) is 49.6 Å². The normalized spacial score (nSPS) is 16.2. The van der Waals surface area contributed by atoms with Crippen LogP contribution in [-0.2, 0) is 17.8 Å². The summed E-state index contributed by atoms with van der Waals surface area (Å²) >= 11 is 6.86. The number of piperazine rings is 1. The number of amides is 1. The summed E-state index contributed by atoms with van der Waals surface area (Å²) in [5.41, 5.74) is 2.98. The SMILES string of the molecule is CCCn1c(N2CCN(c3ccc(F)cc3)CC2)c(C=C2SC(=S)N(CCc3ccc(OC)cc3)C2=O)c(C)c(C#N)c1=O. The third-order valence-electron chi connectivity index (χ3n) is 8.00. The van der Waals surface area contributed by atoms with Crippen molar-refractivity contribution in [2.24, 2.45) is 0 Å². The second-order valence-electron chi connectivity index (χ2n) is 10.7. The van der Waals surface area contributed by atoms with Crippen molar-refractivity contribution in [3.05, 3.63) is 91.9 Å². The number of rotatable bonds is 9. The Hall–Kier alpha value is -4.14. The quantitative estimate of drug-likeness (QED) is 0.231. The first kappa shape index (κ1) is 31.3. The van der Waals surface area contributed by atoms with Crippen LogP contribution in [0.2, 0.25) is 0 Å². The molecule has 8 nitrogen and oxygen atoms in total. The molecule has 2 aliphatic heterocycles. The van der Waals surface area contributed by atoms with Crippen molar-refractivity contribution in [3.63, 3.8) is 0 Å². The lowest BCUT2D eigenvalue weighted by molar-refractivity contribution is -0.122. The van der Waals surface area contributed by atoms with Crippen LogP contribution in [0.4, 0.5) is 15.9 Å². The summed E-state index contributed by atoms with van der Waals surface area (Å²) in [7, 11) is 1.62. The Bertz CT molecular complexity index is 1690. The van der Waals surface area contributed by atoms with E-state index in [1.165, 1.54) is 23.9 Å². The number of nitriles is 1. The highest BCUT2D eigenvalue weighted by Gasteiger charge is 2.33. The number of aromatic nitrogens is 1. The molecular weight excluding hydrogens is 598 g/mol. The number of carbonyl (C=O) groups excluding carboxylic acids is 1. The Morgan fingerprint density at radius 3 is 2.30 bits per heavy atom. The number of thioether (sulfide) groups is 1. The van der Waals surface area contributed by atoms with Crippen LogP contribution >= 0.6 is 24.0 Å². The summed E-state index contributed by atoms with van der Waals surface area (Å²) in [6.07, 6.45) is 3.13. The molecule has 11 heteroatoms. The molecule has 3 aromatic rings. The third-order valence-corrected chi connectivity index (χ3v) is 9.37. The third kappa shape index (κ3) is 6.37. The maximum Gasteiger partial charge on any atom is 0.270 e. The van der Waals surface area contributed by atoms with Crippen molar-refractivity contribution >= 4 is 51.8 Å². The number of ether oxygens (including phenoxy) is 1. The van der Waals surface area contributed by atoms with Crippen LogP contribution in [0.3, 0.4) is 0 Å². The number of hydrogen-bond donors (Lipinski definition) is 0. The Morgan fingerprint density at radius 2 is 1.68 bits per heavy atom. The number of anilines is 2. The van der Waals surface area contributed by atoms with Crippen molar-refractivity contribution in [1.82, 2.24) is 9.47 Å². The van der Waals surface area contributed by atoms with Crippen molar-refractivity contribution < 1.29 is 13.9 Å². The molecule has 0 unspecified atom stereocenters. The zero-order valence-electron chi connectivity index (χ0n) is 25.0. The van der Waals surface area contributed by atoms with Gasteiger partial charge < -0.3 is 14.5 Å². The molecule has 1 amide bonds. The van der Waals surface area contributed by atoms with E-state index in [1.54, 1.807) is 41.7 Å². The lowest BCUT2D eigenvalue weighted by atomic mass is 10.0. The van der Waals surface area contributed by atoms with Crippen LogP contribution in [0.1, 0.15) is 35.6 Å². The summed E-state index contributed by atoms with van der Waals surface area (Å²) in [6.45, 7) is 7.17. The molecule has 2 aromatic carbocycles. The van der Waals surface area contributed by atoms with Crippen LogP contribution in [0.15, 0.2) is 58.2 Å². The average molecular weight is 632 g/mol. The van der Waals surface area contributed by atoms with Crippen LogP contribution in [0, 0.1) is 24.1 Å². The van der Waals surface area contributed by atoms with Gasteiger partial charge in [-0.2, -0.15) is 5.26 Å². The molecular formula is C33H34FN5O3S2. The zero-order chi connectivity index (χ0) is 31.4. The molecule has 0 saturated carbocycles. The molecule has 0 spiro atoms. The van der Waals surface area contributed by atoms with Gasteiger partial charge in [-0.25, -0.2) is 4.39 Å². The van der Waals surface area contributed by atoms with E-state index in [2.05, 4.69) is 15.9 Å². The van der Waals surface area contributed by atoms with Gasteiger partial charge in [-0.3, -0.25) is 19.1 Å². The minimum atomic E-state index is -0.327. The van der Waals surface area contributed by atoms with Crippen LogP contribution in [0.25, 0.3) is 6.08 Å². The molecule has 1 aromatic heterocycles. The number of halogens is 1. The van der Waals surface area contributed by atoms with E-state index in [9.17, 15) is 19.2 Å². The number of pyridine rings is 1. The summed E-state index contributed by atoms with van der Waals surface area (Å²) in [5, 5.41) is 9.97. The van der Waals surface area contributed by atoms with Gasteiger partial charge >= 0.3 is 0 Å². The molecule has 0 atom stereocenters. The molecule has 5 rings (SSSR count). The van der Waals surface area contributed by atoms with Gasteiger partial charge in [-0.15, -0.1) is 0 Å². The van der Waals surface area contributed by atoms with E-state index >= 15 is 0 Å². The largest absolute Gasteiger partial charge is 0.497 e. The molecule has 2 saturated heterocycles. The van der Waals surface area contributed by atoms with E-state index in [-0.39, 0.29) is 22.8 Å². The smallest absolute Gasteiger partial charge is 0.270 e. The molecule has 3 heterocycles. The van der Waals surface area contributed by atoms with E-state index in [0.29, 0.717) is 78.3 Å². The second-order valence-corrected chi connectivity index (χ2v) is 12.4. The second kappa shape index (κ2) is 13.7.